The Bertz CT molecular complexity index is 673. The Morgan fingerprint density at radius 1 is 1.38 bits per heavy atom. The van der Waals surface area contributed by atoms with Gasteiger partial charge in [0.1, 0.15) is 5.69 Å². The Kier molecular flexibility index (Phi) is 4.58. The highest BCUT2D eigenvalue weighted by Gasteiger charge is 2.39. The minimum absolute atomic E-state index is 0.0164. The van der Waals surface area contributed by atoms with Crippen LogP contribution in [0.1, 0.15) is 35.3 Å². The standard InChI is InChI=1S/C18H21N3O2S/c22-18(15-11-24-12-20-15)21-7-5-17(23-10-13-3-4-13)16(21)8-14-2-1-6-19-9-14/h1-2,6,9,11-13,16-17H,3-5,7-8,10H2/t16-,17-/m1/s1. The number of rotatable bonds is 6. The third-order valence-corrected chi connectivity index (χ3v) is 5.39. The van der Waals surface area contributed by atoms with Gasteiger partial charge in [-0.1, -0.05) is 6.07 Å². The molecule has 1 saturated heterocycles. The number of nitrogens with zero attached hydrogens (tertiary/aromatic N) is 3. The van der Waals surface area contributed by atoms with Crippen molar-refractivity contribution in [2.24, 2.45) is 5.92 Å². The number of pyridine rings is 1. The molecule has 1 aliphatic heterocycles. The lowest BCUT2D eigenvalue weighted by molar-refractivity contribution is 0.0198. The Balaban J connectivity index is 1.51. The first-order valence-corrected chi connectivity index (χ1v) is 9.45. The molecule has 3 heterocycles. The molecular formula is C18H21N3O2S. The molecule has 2 atom stereocenters. The van der Waals surface area contributed by atoms with Crippen molar-refractivity contribution in [3.05, 3.63) is 46.7 Å². The van der Waals surface area contributed by atoms with Crippen LogP contribution in [0.4, 0.5) is 0 Å². The molecule has 4 rings (SSSR count). The molecule has 24 heavy (non-hydrogen) atoms. The van der Waals surface area contributed by atoms with Crippen LogP contribution in [0.15, 0.2) is 35.4 Å². The molecule has 126 valence electrons. The highest BCUT2D eigenvalue weighted by Crippen LogP contribution is 2.32. The number of hydrogen-bond acceptors (Lipinski definition) is 5. The van der Waals surface area contributed by atoms with Crippen molar-refractivity contribution in [2.75, 3.05) is 13.2 Å². The number of carbonyl (C=O) groups is 1. The maximum absolute atomic E-state index is 12.8. The quantitative estimate of drug-likeness (QED) is 0.809. The van der Waals surface area contributed by atoms with Crippen LogP contribution in [0.3, 0.4) is 0 Å². The number of carbonyl (C=O) groups excluding carboxylic acids is 1. The number of aromatic nitrogens is 2. The summed E-state index contributed by atoms with van der Waals surface area (Å²) in [6.45, 7) is 1.56. The average molecular weight is 343 g/mol. The first kappa shape index (κ1) is 15.7. The van der Waals surface area contributed by atoms with Crippen molar-refractivity contribution in [2.45, 2.75) is 37.8 Å². The molecule has 1 amide bonds. The highest BCUT2D eigenvalue weighted by molar-refractivity contribution is 7.07. The van der Waals surface area contributed by atoms with E-state index in [4.69, 9.17) is 4.74 Å². The fraction of sp³-hybridized carbons (Fsp3) is 0.500. The molecule has 2 fully saturated rings. The normalized spacial score (nSPS) is 23.6. The largest absolute Gasteiger partial charge is 0.376 e. The van der Waals surface area contributed by atoms with Gasteiger partial charge in [0.2, 0.25) is 0 Å². The summed E-state index contributed by atoms with van der Waals surface area (Å²) in [7, 11) is 0. The second kappa shape index (κ2) is 6.99. The summed E-state index contributed by atoms with van der Waals surface area (Å²) in [6.07, 6.45) is 7.99. The number of thiazole rings is 1. The monoisotopic (exact) mass is 343 g/mol. The van der Waals surface area contributed by atoms with Gasteiger partial charge in [-0.25, -0.2) is 4.98 Å². The SMILES string of the molecule is O=C(c1cscn1)N1CC[C@@H](OCC2CC2)[C@H]1Cc1cccnc1. The minimum Gasteiger partial charge on any atom is -0.376 e. The third-order valence-electron chi connectivity index (χ3n) is 4.81. The molecular weight excluding hydrogens is 322 g/mol. The minimum atomic E-state index is 0.0164. The molecule has 0 spiro atoms. The molecule has 1 saturated carbocycles. The van der Waals surface area contributed by atoms with E-state index in [0.717, 1.165) is 37.5 Å². The van der Waals surface area contributed by atoms with Gasteiger partial charge in [0.25, 0.3) is 5.91 Å². The molecule has 0 unspecified atom stereocenters. The maximum atomic E-state index is 12.8. The summed E-state index contributed by atoms with van der Waals surface area (Å²) in [4.78, 5) is 23.1. The van der Waals surface area contributed by atoms with Crippen LogP contribution in [0.2, 0.25) is 0 Å². The Morgan fingerprint density at radius 3 is 3.00 bits per heavy atom. The van der Waals surface area contributed by atoms with E-state index in [9.17, 15) is 4.79 Å². The summed E-state index contributed by atoms with van der Waals surface area (Å²) < 4.78 is 6.18. The van der Waals surface area contributed by atoms with E-state index in [1.165, 1.54) is 24.2 Å². The van der Waals surface area contributed by atoms with Crippen LogP contribution >= 0.6 is 11.3 Å². The lowest BCUT2D eigenvalue weighted by Gasteiger charge is -2.28. The molecule has 6 heteroatoms. The van der Waals surface area contributed by atoms with Crippen molar-refractivity contribution < 1.29 is 9.53 Å². The smallest absolute Gasteiger partial charge is 0.273 e. The summed E-state index contributed by atoms with van der Waals surface area (Å²) in [5, 5.41) is 1.82. The number of amides is 1. The molecule has 5 nitrogen and oxygen atoms in total. The van der Waals surface area contributed by atoms with Crippen molar-refractivity contribution >= 4 is 17.2 Å². The molecule has 2 aliphatic rings. The highest BCUT2D eigenvalue weighted by atomic mass is 32.1. The zero-order valence-corrected chi connectivity index (χ0v) is 14.3. The molecule has 1 aliphatic carbocycles. The van der Waals surface area contributed by atoms with Crippen LogP contribution in [-0.4, -0.2) is 46.1 Å². The Morgan fingerprint density at radius 2 is 2.29 bits per heavy atom. The van der Waals surface area contributed by atoms with Gasteiger partial charge < -0.3 is 9.64 Å². The predicted octanol–water partition coefficient (Wildman–Crippen LogP) is 2.79. The molecule has 0 bridgehead atoms. The fourth-order valence-electron chi connectivity index (χ4n) is 3.28. The van der Waals surface area contributed by atoms with Gasteiger partial charge in [-0.05, 0) is 43.2 Å². The van der Waals surface area contributed by atoms with Gasteiger partial charge in [-0.3, -0.25) is 9.78 Å². The topological polar surface area (TPSA) is 55.3 Å². The van der Waals surface area contributed by atoms with Crippen molar-refractivity contribution in [3.63, 3.8) is 0 Å². The van der Waals surface area contributed by atoms with Crippen LogP contribution < -0.4 is 0 Å². The van der Waals surface area contributed by atoms with Gasteiger partial charge in [-0.2, -0.15) is 0 Å². The molecule has 2 aromatic rings. The molecule has 0 N–H and O–H groups in total. The van der Waals surface area contributed by atoms with E-state index >= 15 is 0 Å². The van der Waals surface area contributed by atoms with E-state index in [1.54, 1.807) is 11.7 Å². The lowest BCUT2D eigenvalue weighted by Crippen LogP contribution is -2.42. The van der Waals surface area contributed by atoms with Gasteiger partial charge in [0.05, 0.1) is 17.7 Å². The van der Waals surface area contributed by atoms with Crippen molar-refractivity contribution in [1.29, 1.82) is 0 Å². The van der Waals surface area contributed by atoms with Gasteiger partial charge in [0, 0.05) is 30.9 Å². The zero-order chi connectivity index (χ0) is 16.4. The van der Waals surface area contributed by atoms with E-state index in [2.05, 4.69) is 16.0 Å². The van der Waals surface area contributed by atoms with E-state index in [0.29, 0.717) is 5.69 Å². The molecule has 2 aromatic heterocycles. The van der Waals surface area contributed by atoms with Gasteiger partial charge in [-0.15, -0.1) is 11.3 Å². The second-order valence-electron chi connectivity index (χ2n) is 6.61. The number of ether oxygens (including phenoxy) is 1. The van der Waals surface area contributed by atoms with Crippen LogP contribution in [0, 0.1) is 5.92 Å². The summed E-state index contributed by atoms with van der Waals surface area (Å²) in [5.41, 5.74) is 3.39. The average Bonchev–Trinajstić information content (AvgIpc) is 3.12. The number of likely N-dealkylation sites (tertiary alicyclic amines) is 1. The second-order valence-corrected chi connectivity index (χ2v) is 7.33. The maximum Gasteiger partial charge on any atom is 0.273 e. The van der Waals surface area contributed by atoms with Crippen molar-refractivity contribution in [3.8, 4) is 0 Å². The van der Waals surface area contributed by atoms with Crippen LogP contribution in [-0.2, 0) is 11.2 Å². The zero-order valence-electron chi connectivity index (χ0n) is 13.5. The van der Waals surface area contributed by atoms with Gasteiger partial charge in [0.15, 0.2) is 0 Å². The third kappa shape index (κ3) is 3.49. The van der Waals surface area contributed by atoms with E-state index < -0.39 is 0 Å². The summed E-state index contributed by atoms with van der Waals surface area (Å²) in [5.74, 6) is 0.745. The summed E-state index contributed by atoms with van der Waals surface area (Å²) in [6, 6.07) is 4.06. The van der Waals surface area contributed by atoms with E-state index in [1.807, 2.05) is 22.5 Å². The lowest BCUT2D eigenvalue weighted by atomic mass is 10.0. The van der Waals surface area contributed by atoms with E-state index in [-0.39, 0.29) is 18.1 Å². The molecule has 0 aromatic carbocycles. The van der Waals surface area contributed by atoms with Crippen LogP contribution in [0.25, 0.3) is 0 Å². The van der Waals surface area contributed by atoms with Gasteiger partial charge >= 0.3 is 0 Å². The number of hydrogen-bond donors (Lipinski definition) is 0. The Hall–Kier alpha value is -1.79. The van der Waals surface area contributed by atoms with Crippen molar-refractivity contribution in [1.82, 2.24) is 14.9 Å². The summed E-state index contributed by atoms with van der Waals surface area (Å²) >= 11 is 1.46. The first-order valence-electron chi connectivity index (χ1n) is 8.51. The van der Waals surface area contributed by atoms with Crippen LogP contribution in [0.5, 0.6) is 0 Å². The Labute approximate surface area is 145 Å². The fourth-order valence-corrected chi connectivity index (χ4v) is 3.81. The predicted molar refractivity (Wildman–Crippen MR) is 92.0 cm³/mol. The first-order chi connectivity index (χ1) is 11.8. The molecule has 0 radical (unpaired) electrons.